The van der Waals surface area contributed by atoms with Gasteiger partial charge in [0.05, 0.1) is 4.90 Å². The minimum atomic E-state index is -3.69. The molecule has 0 amide bonds. The molecule has 0 aliphatic carbocycles. The van der Waals surface area contributed by atoms with Crippen LogP contribution in [0.3, 0.4) is 0 Å². The van der Waals surface area contributed by atoms with Gasteiger partial charge in [-0.05, 0) is 11.5 Å². The number of sulfonamides is 1. The third-order valence-corrected chi connectivity index (χ3v) is 5.39. The summed E-state index contributed by atoms with van der Waals surface area (Å²) < 4.78 is 31.9. The summed E-state index contributed by atoms with van der Waals surface area (Å²) in [5, 5.41) is 1.85. The smallest absolute Gasteiger partial charge is 0.253 e. The maximum Gasteiger partial charge on any atom is 0.264 e. The number of anilines is 1. The van der Waals surface area contributed by atoms with Crippen molar-refractivity contribution in [3.05, 3.63) is 48.3 Å². The first-order valence-electron chi connectivity index (χ1n) is 6.81. The fourth-order valence-electron chi connectivity index (χ4n) is 2.11. The SMILES string of the molecule is CC(C)c1nsc(NS(=O)(=O)c2cccc3ccccc23)n1. The van der Waals surface area contributed by atoms with E-state index in [0.717, 1.165) is 16.9 Å². The lowest BCUT2D eigenvalue weighted by atomic mass is 10.1. The monoisotopic (exact) mass is 333 g/mol. The zero-order chi connectivity index (χ0) is 15.7. The molecule has 0 aliphatic rings. The molecule has 0 unspecified atom stereocenters. The zero-order valence-electron chi connectivity index (χ0n) is 12.1. The van der Waals surface area contributed by atoms with Gasteiger partial charge in [-0.15, -0.1) is 0 Å². The van der Waals surface area contributed by atoms with Crippen LogP contribution in [0, 0.1) is 0 Å². The summed E-state index contributed by atoms with van der Waals surface area (Å²) in [5.41, 5.74) is 0. The molecule has 1 aromatic heterocycles. The summed E-state index contributed by atoms with van der Waals surface area (Å²) in [4.78, 5) is 4.46. The number of hydrogen-bond acceptors (Lipinski definition) is 5. The van der Waals surface area contributed by atoms with Crippen LogP contribution in [-0.2, 0) is 10.0 Å². The van der Waals surface area contributed by atoms with Gasteiger partial charge in [0.15, 0.2) is 0 Å². The molecule has 3 rings (SSSR count). The number of fused-ring (bicyclic) bond motifs is 1. The molecule has 0 aliphatic heterocycles. The van der Waals surface area contributed by atoms with Gasteiger partial charge in [-0.2, -0.15) is 4.37 Å². The molecule has 0 radical (unpaired) electrons. The minimum Gasteiger partial charge on any atom is -0.253 e. The Morgan fingerprint density at radius 3 is 2.55 bits per heavy atom. The van der Waals surface area contributed by atoms with E-state index in [0.29, 0.717) is 11.2 Å². The van der Waals surface area contributed by atoms with Crippen molar-refractivity contribution in [1.82, 2.24) is 9.36 Å². The Labute approximate surface area is 133 Å². The first kappa shape index (κ1) is 14.9. The van der Waals surface area contributed by atoms with Crippen LogP contribution in [0.15, 0.2) is 47.4 Å². The highest BCUT2D eigenvalue weighted by Crippen LogP contribution is 2.26. The van der Waals surface area contributed by atoms with E-state index in [1.807, 2.05) is 38.1 Å². The van der Waals surface area contributed by atoms with E-state index in [4.69, 9.17) is 0 Å². The number of nitrogens with one attached hydrogen (secondary N) is 1. The molecule has 22 heavy (non-hydrogen) atoms. The Morgan fingerprint density at radius 1 is 1.09 bits per heavy atom. The van der Waals surface area contributed by atoms with E-state index in [1.165, 1.54) is 0 Å². The van der Waals surface area contributed by atoms with Gasteiger partial charge in [-0.1, -0.05) is 50.2 Å². The standard InChI is InChI=1S/C15H15N3O2S2/c1-10(2)14-16-15(21-17-14)18-22(19,20)13-9-5-7-11-6-3-4-8-12(11)13/h3-10H,1-2H3,(H,16,17,18). The number of nitrogens with zero attached hydrogens (tertiary/aromatic N) is 2. The summed E-state index contributed by atoms with van der Waals surface area (Å²) in [6, 6.07) is 12.6. The lowest BCUT2D eigenvalue weighted by Crippen LogP contribution is -2.13. The molecule has 114 valence electrons. The average Bonchev–Trinajstić information content (AvgIpc) is 2.94. The third kappa shape index (κ3) is 2.82. The van der Waals surface area contributed by atoms with E-state index < -0.39 is 10.0 Å². The van der Waals surface area contributed by atoms with Crippen molar-refractivity contribution in [2.75, 3.05) is 4.72 Å². The van der Waals surface area contributed by atoms with Crippen LogP contribution in [0.4, 0.5) is 5.13 Å². The molecule has 1 heterocycles. The van der Waals surface area contributed by atoms with Gasteiger partial charge in [0.25, 0.3) is 10.0 Å². The van der Waals surface area contributed by atoms with Gasteiger partial charge in [0.2, 0.25) is 5.13 Å². The fourth-order valence-corrected chi connectivity index (χ4v) is 4.27. The van der Waals surface area contributed by atoms with Crippen LogP contribution in [-0.4, -0.2) is 17.8 Å². The van der Waals surface area contributed by atoms with E-state index in [-0.39, 0.29) is 15.9 Å². The Hall–Kier alpha value is -1.99. The zero-order valence-corrected chi connectivity index (χ0v) is 13.8. The maximum atomic E-state index is 12.6. The van der Waals surface area contributed by atoms with E-state index >= 15 is 0 Å². The van der Waals surface area contributed by atoms with E-state index in [9.17, 15) is 8.42 Å². The molecule has 7 heteroatoms. The molecule has 3 aromatic rings. The van der Waals surface area contributed by atoms with Crippen molar-refractivity contribution < 1.29 is 8.42 Å². The molecule has 0 saturated carbocycles. The molecule has 0 saturated heterocycles. The summed E-state index contributed by atoms with van der Waals surface area (Å²) in [6.45, 7) is 3.93. The summed E-state index contributed by atoms with van der Waals surface area (Å²) in [6.07, 6.45) is 0. The van der Waals surface area contributed by atoms with Crippen LogP contribution < -0.4 is 4.72 Å². The van der Waals surface area contributed by atoms with Crippen molar-refractivity contribution in [2.24, 2.45) is 0 Å². The van der Waals surface area contributed by atoms with Crippen LogP contribution in [0.1, 0.15) is 25.6 Å². The highest BCUT2D eigenvalue weighted by molar-refractivity contribution is 7.93. The molecule has 5 nitrogen and oxygen atoms in total. The lowest BCUT2D eigenvalue weighted by molar-refractivity contribution is 0.602. The second-order valence-electron chi connectivity index (χ2n) is 5.20. The van der Waals surface area contributed by atoms with Gasteiger partial charge in [0, 0.05) is 22.8 Å². The first-order chi connectivity index (χ1) is 10.5. The van der Waals surface area contributed by atoms with Crippen LogP contribution in [0.5, 0.6) is 0 Å². The predicted molar refractivity (Wildman–Crippen MR) is 88.8 cm³/mol. The molecule has 0 spiro atoms. The van der Waals surface area contributed by atoms with Gasteiger partial charge >= 0.3 is 0 Å². The van der Waals surface area contributed by atoms with Crippen LogP contribution in [0.25, 0.3) is 10.8 Å². The van der Waals surface area contributed by atoms with E-state index in [2.05, 4.69) is 14.1 Å². The fraction of sp³-hybridized carbons (Fsp3) is 0.200. The highest BCUT2D eigenvalue weighted by atomic mass is 32.2. The van der Waals surface area contributed by atoms with Gasteiger partial charge in [-0.3, -0.25) is 4.72 Å². The number of hydrogen-bond donors (Lipinski definition) is 1. The summed E-state index contributed by atoms with van der Waals surface area (Å²) in [7, 11) is -3.69. The normalized spacial score (nSPS) is 12.0. The molecule has 0 fully saturated rings. The molecule has 1 N–H and O–H groups in total. The van der Waals surface area contributed by atoms with Crippen molar-refractivity contribution in [3.8, 4) is 0 Å². The Morgan fingerprint density at radius 2 is 1.82 bits per heavy atom. The van der Waals surface area contributed by atoms with Gasteiger partial charge < -0.3 is 0 Å². The topological polar surface area (TPSA) is 72.0 Å². The Balaban J connectivity index is 2.01. The van der Waals surface area contributed by atoms with Crippen LogP contribution in [0.2, 0.25) is 0 Å². The second-order valence-corrected chi connectivity index (χ2v) is 7.60. The molecule has 0 bridgehead atoms. The Bertz CT molecular complexity index is 912. The number of aromatic nitrogens is 2. The molecule has 2 aromatic carbocycles. The first-order valence-corrected chi connectivity index (χ1v) is 9.07. The number of rotatable bonds is 4. The largest absolute Gasteiger partial charge is 0.264 e. The van der Waals surface area contributed by atoms with Crippen molar-refractivity contribution in [1.29, 1.82) is 0 Å². The Kier molecular flexibility index (Phi) is 3.84. The van der Waals surface area contributed by atoms with Gasteiger partial charge in [-0.25, -0.2) is 13.4 Å². The second kappa shape index (κ2) is 5.66. The quantitative estimate of drug-likeness (QED) is 0.791. The summed E-state index contributed by atoms with van der Waals surface area (Å²) in [5.74, 6) is 0.799. The third-order valence-electron chi connectivity index (χ3n) is 3.22. The van der Waals surface area contributed by atoms with Crippen molar-refractivity contribution >= 4 is 37.5 Å². The average molecular weight is 333 g/mol. The minimum absolute atomic E-state index is 0.159. The molecular weight excluding hydrogens is 318 g/mol. The number of benzene rings is 2. The molecule has 0 atom stereocenters. The molecular formula is C15H15N3O2S2. The predicted octanol–water partition coefficient (Wildman–Crippen LogP) is 3.62. The maximum absolute atomic E-state index is 12.6. The van der Waals surface area contributed by atoms with Crippen molar-refractivity contribution in [2.45, 2.75) is 24.7 Å². The highest BCUT2D eigenvalue weighted by Gasteiger charge is 2.19. The van der Waals surface area contributed by atoms with Gasteiger partial charge in [0.1, 0.15) is 5.82 Å². The summed E-state index contributed by atoms with van der Waals surface area (Å²) >= 11 is 1.05. The van der Waals surface area contributed by atoms with Crippen molar-refractivity contribution in [3.63, 3.8) is 0 Å². The van der Waals surface area contributed by atoms with E-state index in [1.54, 1.807) is 18.2 Å². The van der Waals surface area contributed by atoms with Crippen LogP contribution >= 0.6 is 11.5 Å². The lowest BCUT2D eigenvalue weighted by Gasteiger charge is -2.08.